The van der Waals surface area contributed by atoms with Crippen molar-refractivity contribution in [1.29, 1.82) is 0 Å². The maximum atomic E-state index is 13.0. The number of piperidine rings is 1. The Labute approximate surface area is 134 Å². The third kappa shape index (κ3) is 4.39. The van der Waals surface area contributed by atoms with E-state index < -0.39 is 11.7 Å². The number of nitrogens with zero attached hydrogens (tertiary/aromatic N) is 1. The van der Waals surface area contributed by atoms with Gasteiger partial charge in [0.25, 0.3) is 0 Å². The second-order valence-corrected chi connectivity index (χ2v) is 6.08. The number of carbonyl (C=O) groups excluding carboxylic acids is 1. The normalized spacial score (nSPS) is 17.0. The van der Waals surface area contributed by atoms with Crippen LogP contribution < -0.4 is 10.2 Å². The molecule has 1 aromatic carbocycles. The molecule has 1 aromatic rings. The summed E-state index contributed by atoms with van der Waals surface area (Å²) in [5.41, 5.74) is 0.194. The lowest BCUT2D eigenvalue weighted by molar-refractivity contribution is -0.137. The van der Waals surface area contributed by atoms with E-state index >= 15 is 0 Å². The number of amides is 1. The number of nitrogens with one attached hydrogen (secondary N) is 1. The van der Waals surface area contributed by atoms with E-state index in [-0.39, 0.29) is 17.5 Å². The third-order valence-electron chi connectivity index (χ3n) is 4.34. The van der Waals surface area contributed by atoms with Crippen molar-refractivity contribution in [2.75, 3.05) is 23.3 Å². The van der Waals surface area contributed by atoms with Crippen LogP contribution >= 0.6 is 0 Å². The largest absolute Gasteiger partial charge is 0.416 e. The molecule has 0 aliphatic carbocycles. The zero-order chi connectivity index (χ0) is 17.0. The molecule has 1 aliphatic rings. The molecule has 1 unspecified atom stereocenters. The van der Waals surface area contributed by atoms with Gasteiger partial charge < -0.3 is 10.2 Å². The molecule has 2 rings (SSSR count). The first kappa shape index (κ1) is 17.6. The summed E-state index contributed by atoms with van der Waals surface area (Å²) in [6.07, 6.45) is -0.620. The maximum absolute atomic E-state index is 13.0. The highest BCUT2D eigenvalue weighted by molar-refractivity contribution is 5.95. The van der Waals surface area contributed by atoms with Crippen molar-refractivity contribution in [1.82, 2.24) is 0 Å². The van der Waals surface area contributed by atoms with Crippen LogP contribution in [0.3, 0.4) is 0 Å². The van der Waals surface area contributed by atoms with Crippen molar-refractivity contribution in [3.05, 3.63) is 23.8 Å². The van der Waals surface area contributed by atoms with Crippen molar-refractivity contribution < 1.29 is 18.0 Å². The molecule has 1 fully saturated rings. The van der Waals surface area contributed by atoms with Gasteiger partial charge in [-0.1, -0.05) is 13.8 Å². The minimum atomic E-state index is -4.42. The van der Waals surface area contributed by atoms with E-state index in [1.165, 1.54) is 6.07 Å². The second-order valence-electron chi connectivity index (χ2n) is 6.08. The highest BCUT2D eigenvalue weighted by Crippen LogP contribution is 2.36. The lowest BCUT2D eigenvalue weighted by Crippen LogP contribution is -2.31. The van der Waals surface area contributed by atoms with Gasteiger partial charge in [0.2, 0.25) is 5.91 Å². The van der Waals surface area contributed by atoms with Crippen LogP contribution in [0, 0.1) is 5.92 Å². The molecule has 1 atom stereocenters. The highest BCUT2D eigenvalue weighted by atomic mass is 19.4. The molecular formula is C17H23F3N2O. The van der Waals surface area contributed by atoms with Gasteiger partial charge in [-0.05, 0) is 43.9 Å². The van der Waals surface area contributed by atoms with Gasteiger partial charge in [0.05, 0.1) is 16.9 Å². The SMILES string of the molecule is CCC(C)C(=O)Nc1cc(C(F)(F)F)ccc1N1CCCCC1. The Morgan fingerprint density at radius 2 is 1.91 bits per heavy atom. The number of anilines is 2. The maximum Gasteiger partial charge on any atom is 0.416 e. The summed E-state index contributed by atoms with van der Waals surface area (Å²) in [5.74, 6) is -0.483. The van der Waals surface area contributed by atoms with Crippen LogP contribution in [0.25, 0.3) is 0 Å². The molecular weight excluding hydrogens is 305 g/mol. The average molecular weight is 328 g/mol. The van der Waals surface area contributed by atoms with Crippen molar-refractivity contribution >= 4 is 17.3 Å². The minimum absolute atomic E-state index is 0.237. The van der Waals surface area contributed by atoms with E-state index in [1.54, 1.807) is 6.92 Å². The Bertz CT molecular complexity index is 551. The first-order valence-corrected chi connectivity index (χ1v) is 8.10. The first-order valence-electron chi connectivity index (χ1n) is 8.10. The molecule has 6 heteroatoms. The van der Waals surface area contributed by atoms with Crippen molar-refractivity contribution in [2.24, 2.45) is 5.92 Å². The monoisotopic (exact) mass is 328 g/mol. The van der Waals surface area contributed by atoms with Crippen molar-refractivity contribution in [2.45, 2.75) is 45.7 Å². The number of hydrogen-bond acceptors (Lipinski definition) is 2. The van der Waals surface area contributed by atoms with Gasteiger partial charge in [-0.2, -0.15) is 13.2 Å². The van der Waals surface area contributed by atoms with E-state index in [0.717, 1.165) is 44.5 Å². The Morgan fingerprint density at radius 3 is 2.48 bits per heavy atom. The number of hydrogen-bond donors (Lipinski definition) is 1. The quantitative estimate of drug-likeness (QED) is 0.870. The molecule has 0 aromatic heterocycles. The molecule has 128 valence electrons. The molecule has 0 spiro atoms. The summed E-state index contributed by atoms with van der Waals surface area (Å²) in [4.78, 5) is 14.2. The summed E-state index contributed by atoms with van der Waals surface area (Å²) < 4.78 is 38.9. The average Bonchev–Trinajstić information content (AvgIpc) is 2.54. The molecule has 0 radical (unpaired) electrons. The molecule has 1 heterocycles. The molecule has 1 saturated heterocycles. The Kier molecular flexibility index (Phi) is 5.55. The summed E-state index contributed by atoms with van der Waals surface area (Å²) >= 11 is 0. The minimum Gasteiger partial charge on any atom is -0.370 e. The van der Waals surface area contributed by atoms with Gasteiger partial charge in [0.1, 0.15) is 0 Å². The predicted octanol–water partition coefficient (Wildman–Crippen LogP) is 4.68. The predicted molar refractivity (Wildman–Crippen MR) is 85.6 cm³/mol. The van der Waals surface area contributed by atoms with Crippen LogP contribution in [0.1, 0.15) is 45.1 Å². The van der Waals surface area contributed by atoms with E-state index in [1.807, 2.05) is 6.92 Å². The number of rotatable bonds is 4. The van der Waals surface area contributed by atoms with E-state index in [2.05, 4.69) is 10.2 Å². The highest BCUT2D eigenvalue weighted by Gasteiger charge is 2.32. The smallest absolute Gasteiger partial charge is 0.370 e. The molecule has 3 nitrogen and oxygen atoms in total. The van der Waals surface area contributed by atoms with Crippen molar-refractivity contribution in [3.8, 4) is 0 Å². The van der Waals surface area contributed by atoms with Crippen LogP contribution in [0.5, 0.6) is 0 Å². The lowest BCUT2D eigenvalue weighted by Gasteiger charge is -2.31. The molecule has 1 amide bonds. The third-order valence-corrected chi connectivity index (χ3v) is 4.34. The van der Waals surface area contributed by atoms with E-state index in [0.29, 0.717) is 12.1 Å². The Hall–Kier alpha value is -1.72. The second kappa shape index (κ2) is 7.23. The fourth-order valence-electron chi connectivity index (χ4n) is 2.66. The number of alkyl halides is 3. The number of carbonyl (C=O) groups is 1. The van der Waals surface area contributed by atoms with Gasteiger partial charge in [-0.3, -0.25) is 4.79 Å². The first-order chi connectivity index (χ1) is 10.8. The van der Waals surface area contributed by atoms with Gasteiger partial charge >= 0.3 is 6.18 Å². The summed E-state index contributed by atoms with van der Waals surface area (Å²) in [7, 11) is 0. The van der Waals surface area contributed by atoms with Gasteiger partial charge in [-0.15, -0.1) is 0 Å². The van der Waals surface area contributed by atoms with Crippen LogP contribution in [0.15, 0.2) is 18.2 Å². The van der Waals surface area contributed by atoms with Crippen LogP contribution in [-0.4, -0.2) is 19.0 Å². The summed E-state index contributed by atoms with van der Waals surface area (Å²) in [6.45, 7) is 5.25. The van der Waals surface area contributed by atoms with Gasteiger partial charge in [0.15, 0.2) is 0 Å². The van der Waals surface area contributed by atoms with Gasteiger partial charge in [0, 0.05) is 19.0 Å². The summed E-state index contributed by atoms with van der Waals surface area (Å²) in [6, 6.07) is 3.60. The van der Waals surface area contributed by atoms with Crippen LogP contribution in [-0.2, 0) is 11.0 Å². The molecule has 0 bridgehead atoms. The van der Waals surface area contributed by atoms with E-state index in [4.69, 9.17) is 0 Å². The number of benzene rings is 1. The Balaban J connectivity index is 2.34. The fourth-order valence-corrected chi connectivity index (χ4v) is 2.66. The van der Waals surface area contributed by atoms with Gasteiger partial charge in [-0.25, -0.2) is 0 Å². The van der Waals surface area contributed by atoms with Crippen LogP contribution in [0.4, 0.5) is 24.5 Å². The van der Waals surface area contributed by atoms with E-state index in [9.17, 15) is 18.0 Å². The summed E-state index contributed by atoms with van der Waals surface area (Å²) in [5, 5.41) is 2.69. The fraction of sp³-hybridized carbons (Fsp3) is 0.588. The lowest BCUT2D eigenvalue weighted by atomic mass is 10.1. The zero-order valence-corrected chi connectivity index (χ0v) is 13.5. The van der Waals surface area contributed by atoms with Crippen LogP contribution in [0.2, 0.25) is 0 Å². The molecule has 1 N–H and O–H groups in total. The van der Waals surface area contributed by atoms with Crippen molar-refractivity contribution in [3.63, 3.8) is 0 Å². The molecule has 23 heavy (non-hydrogen) atoms. The molecule has 1 aliphatic heterocycles. The molecule has 0 saturated carbocycles. The Morgan fingerprint density at radius 1 is 1.26 bits per heavy atom. The zero-order valence-electron chi connectivity index (χ0n) is 13.5. The topological polar surface area (TPSA) is 32.3 Å². The number of halogens is 3. The standard InChI is InChI=1S/C17H23F3N2O/c1-3-12(2)16(23)21-14-11-13(17(18,19)20)7-8-15(14)22-9-5-4-6-10-22/h7-8,11-12H,3-6,9-10H2,1-2H3,(H,21,23).